The van der Waals surface area contributed by atoms with Crippen LogP contribution in [0.25, 0.3) is 21.7 Å². The molecule has 0 fully saturated rings. The van der Waals surface area contributed by atoms with E-state index in [4.69, 9.17) is 11.6 Å². The largest absolute Gasteiger partial charge is 0.396 e. The lowest BCUT2D eigenvalue weighted by Gasteiger charge is -2.25. The topological polar surface area (TPSA) is 100 Å². The molecule has 0 aliphatic heterocycles. The molecule has 0 spiro atoms. The monoisotopic (exact) mass is 555 g/mol. The number of carbonyl (C=O) groups is 2. The van der Waals surface area contributed by atoms with E-state index >= 15 is 0 Å². The smallest absolute Gasteiger partial charge is 0.249 e. The van der Waals surface area contributed by atoms with Gasteiger partial charge in [-0.2, -0.15) is 10.2 Å². The Morgan fingerprint density at radius 1 is 1.02 bits per heavy atom. The fraction of sp³-hybridized carbons (Fsp3) is 0.226. The maximum absolute atomic E-state index is 13.8. The van der Waals surface area contributed by atoms with E-state index in [1.807, 2.05) is 72.2 Å². The molecule has 0 unspecified atom stereocenters. The van der Waals surface area contributed by atoms with Crippen LogP contribution in [-0.2, 0) is 29.0 Å². The van der Waals surface area contributed by atoms with Crippen LogP contribution in [0.1, 0.15) is 16.8 Å². The van der Waals surface area contributed by atoms with Gasteiger partial charge in [0.2, 0.25) is 11.8 Å². The highest BCUT2D eigenvalue weighted by Crippen LogP contribution is 2.32. The van der Waals surface area contributed by atoms with Crippen LogP contribution in [0.3, 0.4) is 0 Å². The van der Waals surface area contributed by atoms with Gasteiger partial charge in [-0.15, -0.1) is 0 Å². The Kier molecular flexibility index (Phi) is 8.09. The highest BCUT2D eigenvalue weighted by Gasteiger charge is 2.26. The number of amides is 2. The molecule has 2 amide bonds. The molecule has 1 atom stereocenters. The zero-order chi connectivity index (χ0) is 28.2. The summed E-state index contributed by atoms with van der Waals surface area (Å²) >= 11 is 6.51. The first kappa shape index (κ1) is 27.3. The molecule has 5 rings (SSSR count). The Morgan fingerprint density at radius 2 is 1.77 bits per heavy atom. The average molecular weight is 556 g/mol. The Labute approximate surface area is 237 Å². The summed E-state index contributed by atoms with van der Waals surface area (Å²) in [5.74, 6) is -0.538. The number of hydrogen-bond acceptors (Lipinski definition) is 5. The van der Waals surface area contributed by atoms with E-state index in [1.165, 1.54) is 0 Å². The van der Waals surface area contributed by atoms with Gasteiger partial charge in [0.15, 0.2) is 0 Å². The van der Waals surface area contributed by atoms with Gasteiger partial charge in [-0.25, -0.2) is 0 Å². The second-order valence-electron chi connectivity index (χ2n) is 9.77. The molecule has 9 heteroatoms. The van der Waals surface area contributed by atoms with E-state index in [0.717, 1.165) is 38.5 Å². The van der Waals surface area contributed by atoms with Crippen molar-refractivity contribution >= 4 is 50.8 Å². The lowest BCUT2D eigenvalue weighted by molar-refractivity contribution is -0.127. The number of hydrogen-bond donors (Lipinski definition) is 2. The second kappa shape index (κ2) is 11.9. The van der Waals surface area contributed by atoms with Crippen LogP contribution in [0.15, 0.2) is 79.1 Å². The molecule has 0 radical (unpaired) electrons. The van der Waals surface area contributed by atoms with Gasteiger partial charge >= 0.3 is 0 Å². The fourth-order valence-electron chi connectivity index (χ4n) is 5.17. The molecule has 8 nitrogen and oxygen atoms in total. The van der Waals surface area contributed by atoms with E-state index in [2.05, 4.69) is 15.5 Å². The van der Waals surface area contributed by atoms with E-state index in [0.29, 0.717) is 23.6 Å². The Bertz CT molecular complexity index is 1690. The number of fused-ring (bicyclic) bond motifs is 2. The number of aliphatic hydroxyl groups excluding tert-OH is 1. The summed E-state index contributed by atoms with van der Waals surface area (Å²) in [5.41, 5.74) is 4.20. The summed E-state index contributed by atoms with van der Waals surface area (Å²) in [6.45, 7) is 1.89. The van der Waals surface area contributed by atoms with Crippen LogP contribution >= 0.6 is 11.6 Å². The molecule has 0 bridgehead atoms. The number of rotatable bonds is 9. The van der Waals surface area contributed by atoms with Gasteiger partial charge in [0, 0.05) is 47.6 Å². The van der Waals surface area contributed by atoms with Gasteiger partial charge in [0.1, 0.15) is 12.6 Å². The SMILES string of the molecule is Cc1c(CCO)c2c(Cl)cccc2n1CC(=O)N[C@@H](Cc1ccccc1)C(=O)N(C)c1ccc2cnncc2c1. The summed E-state index contributed by atoms with van der Waals surface area (Å²) in [4.78, 5) is 28.9. The van der Waals surface area contributed by atoms with E-state index < -0.39 is 6.04 Å². The van der Waals surface area contributed by atoms with Crippen LogP contribution < -0.4 is 10.2 Å². The van der Waals surface area contributed by atoms with Crippen molar-refractivity contribution in [3.63, 3.8) is 0 Å². The van der Waals surface area contributed by atoms with Crippen LogP contribution in [0.5, 0.6) is 0 Å². The number of benzene rings is 3. The number of likely N-dealkylation sites (N-methyl/N-ethyl adjacent to an activating group) is 1. The number of aliphatic hydroxyl groups is 1. The van der Waals surface area contributed by atoms with Gasteiger partial charge < -0.3 is 19.9 Å². The number of nitrogens with one attached hydrogen (secondary N) is 1. The molecule has 0 aliphatic carbocycles. The van der Waals surface area contributed by atoms with Crippen molar-refractivity contribution in [3.8, 4) is 0 Å². The first-order valence-electron chi connectivity index (χ1n) is 13.1. The second-order valence-corrected chi connectivity index (χ2v) is 10.2. The van der Waals surface area contributed by atoms with Crippen LogP contribution in [0, 0.1) is 6.92 Å². The molecular weight excluding hydrogens is 526 g/mol. The molecule has 0 aliphatic rings. The number of nitrogens with zero attached hydrogens (tertiary/aromatic N) is 4. The zero-order valence-electron chi connectivity index (χ0n) is 22.3. The summed E-state index contributed by atoms with van der Waals surface area (Å²) in [6.07, 6.45) is 4.09. The summed E-state index contributed by atoms with van der Waals surface area (Å²) < 4.78 is 1.89. The molecule has 2 heterocycles. The molecular formula is C31H30ClN5O3. The number of carbonyl (C=O) groups excluding carboxylic acids is 2. The molecule has 0 saturated carbocycles. The van der Waals surface area contributed by atoms with Crippen molar-refractivity contribution in [2.45, 2.75) is 32.4 Å². The predicted molar refractivity (Wildman–Crippen MR) is 157 cm³/mol. The highest BCUT2D eigenvalue weighted by atomic mass is 35.5. The van der Waals surface area contributed by atoms with Crippen LogP contribution in [0.4, 0.5) is 5.69 Å². The number of anilines is 1. The minimum absolute atomic E-state index is 0.00499. The molecule has 0 saturated heterocycles. The lowest BCUT2D eigenvalue weighted by Crippen LogP contribution is -2.49. The zero-order valence-corrected chi connectivity index (χ0v) is 23.1. The highest BCUT2D eigenvalue weighted by molar-refractivity contribution is 6.35. The average Bonchev–Trinajstić information content (AvgIpc) is 3.23. The molecule has 3 aromatic carbocycles. The summed E-state index contributed by atoms with van der Waals surface area (Å²) in [5, 5.41) is 23.7. The van der Waals surface area contributed by atoms with E-state index in [9.17, 15) is 14.7 Å². The van der Waals surface area contributed by atoms with E-state index in [-0.39, 0.29) is 25.0 Å². The van der Waals surface area contributed by atoms with Gasteiger partial charge in [-0.1, -0.05) is 54.1 Å². The van der Waals surface area contributed by atoms with Gasteiger partial charge in [-0.05, 0) is 48.7 Å². The number of halogens is 1. The van der Waals surface area contributed by atoms with Crippen molar-refractivity contribution in [2.75, 3.05) is 18.6 Å². The molecule has 5 aromatic rings. The Balaban J connectivity index is 1.43. The Hall–Kier alpha value is -4.27. The third kappa shape index (κ3) is 5.54. The quantitative estimate of drug-likeness (QED) is 0.279. The number of aromatic nitrogens is 3. The van der Waals surface area contributed by atoms with Crippen molar-refractivity contribution in [2.24, 2.45) is 0 Å². The molecule has 204 valence electrons. The predicted octanol–water partition coefficient (Wildman–Crippen LogP) is 4.47. The van der Waals surface area contributed by atoms with Gasteiger partial charge in [-0.3, -0.25) is 9.59 Å². The van der Waals surface area contributed by atoms with E-state index in [1.54, 1.807) is 30.4 Å². The van der Waals surface area contributed by atoms with Crippen LogP contribution in [0.2, 0.25) is 5.02 Å². The van der Waals surface area contributed by atoms with Gasteiger partial charge in [0.25, 0.3) is 0 Å². The lowest BCUT2D eigenvalue weighted by atomic mass is 10.0. The minimum Gasteiger partial charge on any atom is -0.396 e. The first-order valence-corrected chi connectivity index (χ1v) is 13.4. The molecule has 2 aromatic heterocycles. The standard InChI is InChI=1S/C31H30ClN5O3/c1-20-25(13-14-38)30-26(32)9-6-10-28(30)37(20)19-29(39)35-27(15-21-7-4-3-5-8-21)31(40)36(2)24-12-11-22-17-33-34-18-23(22)16-24/h3-12,16-18,27,38H,13-15,19H2,1-2H3,(H,35,39)/t27-/m0/s1. The molecule has 40 heavy (non-hydrogen) atoms. The fourth-order valence-corrected chi connectivity index (χ4v) is 5.45. The van der Waals surface area contributed by atoms with Crippen molar-refractivity contribution < 1.29 is 14.7 Å². The third-order valence-electron chi connectivity index (χ3n) is 7.25. The van der Waals surface area contributed by atoms with Crippen molar-refractivity contribution in [1.29, 1.82) is 0 Å². The normalized spacial score (nSPS) is 12.0. The van der Waals surface area contributed by atoms with Crippen LogP contribution in [-0.4, -0.2) is 51.4 Å². The minimum atomic E-state index is -0.797. The summed E-state index contributed by atoms with van der Waals surface area (Å²) in [7, 11) is 1.70. The van der Waals surface area contributed by atoms with Gasteiger partial charge in [0.05, 0.1) is 22.9 Å². The first-order chi connectivity index (χ1) is 19.4. The molecule has 2 N–H and O–H groups in total. The third-order valence-corrected chi connectivity index (χ3v) is 7.57. The summed E-state index contributed by atoms with van der Waals surface area (Å²) in [6, 6.07) is 20.0. The van der Waals surface area contributed by atoms with Crippen molar-refractivity contribution in [3.05, 3.63) is 101 Å². The maximum Gasteiger partial charge on any atom is 0.249 e. The maximum atomic E-state index is 13.8. The Morgan fingerprint density at radius 3 is 2.52 bits per heavy atom. The van der Waals surface area contributed by atoms with Crippen molar-refractivity contribution in [1.82, 2.24) is 20.1 Å².